The number of hydrogen-bond donors (Lipinski definition) is 1. The largest absolute Gasteiger partial charge is 0.347 e. The van der Waals surface area contributed by atoms with Gasteiger partial charge in [-0.25, -0.2) is 4.39 Å². The van der Waals surface area contributed by atoms with Gasteiger partial charge in [0.25, 0.3) is 0 Å². The molecule has 1 saturated heterocycles. The van der Waals surface area contributed by atoms with E-state index in [9.17, 15) is 9.18 Å². The third-order valence-electron chi connectivity index (χ3n) is 4.29. The van der Waals surface area contributed by atoms with Gasteiger partial charge in [0.05, 0.1) is 11.5 Å². The van der Waals surface area contributed by atoms with Crippen molar-refractivity contribution in [2.24, 2.45) is 5.92 Å². The lowest BCUT2D eigenvalue weighted by Gasteiger charge is -2.35. The van der Waals surface area contributed by atoms with Gasteiger partial charge in [0.15, 0.2) is 0 Å². The van der Waals surface area contributed by atoms with Crippen molar-refractivity contribution in [2.45, 2.75) is 39.2 Å². The summed E-state index contributed by atoms with van der Waals surface area (Å²) in [7, 11) is 0. The molecule has 1 heterocycles. The molecule has 1 amide bonds. The number of likely N-dealkylation sites (tertiary alicyclic amines) is 1. The topological polar surface area (TPSA) is 32.3 Å². The summed E-state index contributed by atoms with van der Waals surface area (Å²) in [5, 5.41) is 3.11. The third-order valence-corrected chi connectivity index (χ3v) is 4.29. The normalized spacial score (nSPS) is 17.1. The quantitative estimate of drug-likeness (QED) is 0.874. The number of rotatable bonds is 6. The summed E-state index contributed by atoms with van der Waals surface area (Å²) in [5.74, 6) is -0.158. The maximum Gasteiger partial charge on any atom is 0.225 e. The molecule has 1 fully saturated rings. The number of halogens is 1. The second kappa shape index (κ2) is 6.56. The molecule has 0 unspecified atom stereocenters. The average Bonchev–Trinajstić information content (AvgIpc) is 2.37. The van der Waals surface area contributed by atoms with Gasteiger partial charge in [-0.05, 0) is 57.5 Å². The summed E-state index contributed by atoms with van der Waals surface area (Å²) in [4.78, 5) is 14.8. The minimum Gasteiger partial charge on any atom is -0.347 e. The van der Waals surface area contributed by atoms with Crippen LogP contribution in [-0.4, -0.2) is 30.4 Å². The lowest BCUT2D eigenvalue weighted by atomic mass is 9.92. The van der Waals surface area contributed by atoms with Crippen molar-refractivity contribution >= 4 is 5.91 Å². The van der Waals surface area contributed by atoms with E-state index in [2.05, 4.69) is 17.1 Å². The first-order chi connectivity index (χ1) is 9.92. The summed E-state index contributed by atoms with van der Waals surface area (Å²) >= 11 is 0. The third kappa shape index (κ3) is 4.03. The molecule has 21 heavy (non-hydrogen) atoms. The smallest absolute Gasteiger partial charge is 0.225 e. The molecule has 1 aliphatic heterocycles. The summed E-state index contributed by atoms with van der Waals surface area (Å²) in [6.07, 6.45) is 2.07. The molecule has 116 valence electrons. The summed E-state index contributed by atoms with van der Waals surface area (Å²) in [5.41, 5.74) is 0.420. The number of carbonyl (C=O) groups is 1. The number of nitrogens with one attached hydrogen (secondary N) is 1. The monoisotopic (exact) mass is 292 g/mol. The van der Waals surface area contributed by atoms with Crippen LogP contribution in [-0.2, 0) is 10.3 Å². The molecule has 1 aromatic rings. The highest BCUT2D eigenvalue weighted by molar-refractivity contribution is 5.79. The predicted molar refractivity (Wildman–Crippen MR) is 82.4 cm³/mol. The molecular formula is C17H25FN2O. The first-order valence-electron chi connectivity index (χ1n) is 7.73. The van der Waals surface area contributed by atoms with Crippen molar-refractivity contribution in [1.29, 1.82) is 0 Å². The number of hydrogen-bond acceptors (Lipinski definition) is 2. The van der Waals surface area contributed by atoms with Gasteiger partial charge in [-0.15, -0.1) is 0 Å². The molecular weight excluding hydrogens is 267 g/mol. The zero-order valence-corrected chi connectivity index (χ0v) is 13.2. The highest BCUT2D eigenvalue weighted by atomic mass is 19.1. The zero-order valence-electron chi connectivity index (χ0n) is 13.2. The number of benzene rings is 1. The van der Waals surface area contributed by atoms with Gasteiger partial charge >= 0.3 is 0 Å². The fraction of sp³-hybridized carbons (Fsp3) is 0.588. The summed E-state index contributed by atoms with van der Waals surface area (Å²) in [6, 6.07) is 6.32. The second-order valence-electron chi connectivity index (χ2n) is 6.38. The molecule has 1 N–H and O–H groups in total. The fourth-order valence-electron chi connectivity index (χ4n) is 2.62. The molecule has 4 heteroatoms. The van der Waals surface area contributed by atoms with E-state index in [1.807, 2.05) is 13.8 Å². The van der Waals surface area contributed by atoms with E-state index in [4.69, 9.17) is 0 Å². The Morgan fingerprint density at radius 3 is 2.43 bits per heavy atom. The van der Waals surface area contributed by atoms with Crippen molar-refractivity contribution in [1.82, 2.24) is 10.2 Å². The van der Waals surface area contributed by atoms with E-state index in [0.29, 0.717) is 0 Å². The molecule has 0 saturated carbocycles. The van der Waals surface area contributed by atoms with Crippen LogP contribution in [0.2, 0.25) is 0 Å². The van der Waals surface area contributed by atoms with E-state index >= 15 is 0 Å². The number of amides is 1. The zero-order chi connectivity index (χ0) is 15.5. The Morgan fingerprint density at radius 1 is 1.33 bits per heavy atom. The first-order valence-corrected chi connectivity index (χ1v) is 7.73. The van der Waals surface area contributed by atoms with Crippen LogP contribution in [0, 0.1) is 11.7 Å². The second-order valence-corrected chi connectivity index (χ2v) is 6.38. The molecule has 3 nitrogen and oxygen atoms in total. The SMILES string of the molecule is CC[C@@H](CN1CCC1)C(=O)NC(C)(C)c1ccc(F)cc1. The number of carbonyl (C=O) groups excluding carboxylic acids is 1. The maximum atomic E-state index is 13.0. The van der Waals surface area contributed by atoms with Crippen molar-refractivity contribution < 1.29 is 9.18 Å². The van der Waals surface area contributed by atoms with Crippen LogP contribution in [0.3, 0.4) is 0 Å². The molecule has 1 aliphatic rings. The Hall–Kier alpha value is -1.42. The van der Waals surface area contributed by atoms with E-state index in [0.717, 1.165) is 31.6 Å². The van der Waals surface area contributed by atoms with Gasteiger partial charge < -0.3 is 10.2 Å². The molecule has 2 rings (SSSR count). The molecule has 1 atom stereocenters. The predicted octanol–water partition coefficient (Wildman–Crippen LogP) is 2.91. The molecule has 0 bridgehead atoms. The molecule has 0 aliphatic carbocycles. The Morgan fingerprint density at radius 2 is 1.95 bits per heavy atom. The Labute approximate surface area is 126 Å². The lowest BCUT2D eigenvalue weighted by Crippen LogP contribution is -2.48. The van der Waals surface area contributed by atoms with Crippen LogP contribution in [0.15, 0.2) is 24.3 Å². The van der Waals surface area contributed by atoms with Crippen LogP contribution in [0.5, 0.6) is 0 Å². The van der Waals surface area contributed by atoms with E-state index in [1.165, 1.54) is 18.6 Å². The molecule has 1 aromatic carbocycles. The van der Waals surface area contributed by atoms with Crippen molar-refractivity contribution in [3.05, 3.63) is 35.6 Å². The molecule has 0 spiro atoms. The first kappa shape index (κ1) is 16.0. The van der Waals surface area contributed by atoms with Crippen molar-refractivity contribution in [3.8, 4) is 0 Å². The van der Waals surface area contributed by atoms with Crippen LogP contribution in [0.4, 0.5) is 4.39 Å². The van der Waals surface area contributed by atoms with E-state index < -0.39 is 5.54 Å². The highest BCUT2D eigenvalue weighted by Gasteiger charge is 2.28. The maximum absolute atomic E-state index is 13.0. The van der Waals surface area contributed by atoms with Crippen LogP contribution in [0.25, 0.3) is 0 Å². The number of nitrogens with zero attached hydrogens (tertiary/aromatic N) is 1. The Bertz CT molecular complexity index is 480. The molecule has 0 radical (unpaired) electrons. The Kier molecular flexibility index (Phi) is 4.99. The lowest BCUT2D eigenvalue weighted by molar-refractivity contribution is -0.127. The van der Waals surface area contributed by atoms with Crippen LogP contribution >= 0.6 is 0 Å². The van der Waals surface area contributed by atoms with Gasteiger partial charge in [-0.2, -0.15) is 0 Å². The summed E-state index contributed by atoms with van der Waals surface area (Å²) in [6.45, 7) is 9.00. The van der Waals surface area contributed by atoms with Gasteiger partial charge in [-0.1, -0.05) is 19.1 Å². The minimum absolute atomic E-state index is 0.0185. The van der Waals surface area contributed by atoms with E-state index in [-0.39, 0.29) is 17.6 Å². The van der Waals surface area contributed by atoms with Gasteiger partial charge in [0.1, 0.15) is 5.82 Å². The van der Waals surface area contributed by atoms with Crippen LogP contribution < -0.4 is 5.32 Å². The highest BCUT2D eigenvalue weighted by Crippen LogP contribution is 2.22. The average molecular weight is 292 g/mol. The van der Waals surface area contributed by atoms with E-state index in [1.54, 1.807) is 12.1 Å². The van der Waals surface area contributed by atoms with Gasteiger partial charge in [-0.3, -0.25) is 4.79 Å². The minimum atomic E-state index is -0.493. The molecule has 0 aromatic heterocycles. The Balaban J connectivity index is 1.99. The van der Waals surface area contributed by atoms with Crippen molar-refractivity contribution in [2.75, 3.05) is 19.6 Å². The van der Waals surface area contributed by atoms with Crippen LogP contribution in [0.1, 0.15) is 39.2 Å². The van der Waals surface area contributed by atoms with Gasteiger partial charge in [0.2, 0.25) is 5.91 Å². The standard InChI is InChI=1S/C17H25FN2O/c1-4-13(12-20-10-5-11-20)16(21)19-17(2,3)14-6-8-15(18)9-7-14/h6-9,13H,4-5,10-12H2,1-3H3,(H,19,21)/t13-/m0/s1. The van der Waals surface area contributed by atoms with Gasteiger partial charge in [0, 0.05) is 6.54 Å². The fourth-order valence-corrected chi connectivity index (χ4v) is 2.62. The van der Waals surface area contributed by atoms with Crippen molar-refractivity contribution in [3.63, 3.8) is 0 Å². The summed E-state index contributed by atoms with van der Waals surface area (Å²) < 4.78 is 13.0.